The van der Waals surface area contributed by atoms with Crippen molar-refractivity contribution >= 4 is 39.8 Å². The highest BCUT2D eigenvalue weighted by atomic mass is 35.5. The van der Waals surface area contributed by atoms with Crippen molar-refractivity contribution in [2.45, 2.75) is 13.8 Å². The highest BCUT2D eigenvalue weighted by Gasteiger charge is 2.18. The Hall–Kier alpha value is -2.66. The minimum Gasteiger partial charge on any atom is -0.462 e. The molecular formula is C19H16ClFN2O2. The van der Waals surface area contributed by atoms with E-state index in [2.05, 4.69) is 10.3 Å². The SMILES string of the molecule is CCOC(=O)c1cnc2c(C)c(Cl)ccc2c1Nc1ccc(F)cc1. The topological polar surface area (TPSA) is 51.2 Å². The second-order valence-electron chi connectivity index (χ2n) is 5.47. The Morgan fingerprint density at radius 1 is 1.24 bits per heavy atom. The van der Waals surface area contributed by atoms with E-state index < -0.39 is 5.97 Å². The third-order valence-corrected chi connectivity index (χ3v) is 4.24. The van der Waals surface area contributed by atoms with Gasteiger partial charge in [0.05, 0.1) is 17.8 Å². The third kappa shape index (κ3) is 3.42. The van der Waals surface area contributed by atoms with E-state index in [9.17, 15) is 9.18 Å². The number of halogens is 2. The van der Waals surface area contributed by atoms with Crippen LogP contribution in [-0.2, 0) is 4.74 Å². The first-order valence-corrected chi connectivity index (χ1v) is 8.16. The van der Waals surface area contributed by atoms with Gasteiger partial charge in [-0.25, -0.2) is 9.18 Å². The van der Waals surface area contributed by atoms with Gasteiger partial charge in [-0.15, -0.1) is 0 Å². The average Bonchev–Trinajstić information content (AvgIpc) is 2.60. The van der Waals surface area contributed by atoms with Gasteiger partial charge in [0.1, 0.15) is 11.4 Å². The summed E-state index contributed by atoms with van der Waals surface area (Å²) in [6, 6.07) is 9.44. The molecule has 0 spiro atoms. The summed E-state index contributed by atoms with van der Waals surface area (Å²) in [4.78, 5) is 16.7. The van der Waals surface area contributed by atoms with Gasteiger partial charge in [0.15, 0.2) is 0 Å². The molecule has 1 heterocycles. The van der Waals surface area contributed by atoms with Gasteiger partial charge in [-0.1, -0.05) is 11.6 Å². The van der Waals surface area contributed by atoms with E-state index in [-0.39, 0.29) is 12.4 Å². The number of ether oxygens (including phenoxy) is 1. The number of nitrogens with zero attached hydrogens (tertiary/aromatic N) is 1. The predicted molar refractivity (Wildman–Crippen MR) is 97.1 cm³/mol. The van der Waals surface area contributed by atoms with Gasteiger partial charge >= 0.3 is 5.97 Å². The monoisotopic (exact) mass is 358 g/mol. The van der Waals surface area contributed by atoms with Crippen molar-refractivity contribution in [3.63, 3.8) is 0 Å². The molecule has 0 saturated carbocycles. The molecule has 3 rings (SSSR count). The molecule has 0 saturated heterocycles. The van der Waals surface area contributed by atoms with E-state index in [1.165, 1.54) is 18.3 Å². The molecule has 0 atom stereocenters. The maximum Gasteiger partial charge on any atom is 0.341 e. The van der Waals surface area contributed by atoms with E-state index in [4.69, 9.17) is 16.3 Å². The van der Waals surface area contributed by atoms with Crippen LogP contribution in [0.2, 0.25) is 5.02 Å². The van der Waals surface area contributed by atoms with Gasteiger partial charge in [0, 0.05) is 22.3 Å². The summed E-state index contributed by atoms with van der Waals surface area (Å²) in [6.07, 6.45) is 1.47. The van der Waals surface area contributed by atoms with Crippen LogP contribution in [0.3, 0.4) is 0 Å². The molecule has 0 aliphatic carbocycles. The number of carbonyl (C=O) groups excluding carboxylic acids is 1. The van der Waals surface area contributed by atoms with Crippen molar-refractivity contribution in [3.8, 4) is 0 Å². The lowest BCUT2D eigenvalue weighted by molar-refractivity contribution is 0.0527. The van der Waals surface area contributed by atoms with Crippen molar-refractivity contribution < 1.29 is 13.9 Å². The summed E-state index contributed by atoms with van der Waals surface area (Å²) in [5, 5.41) is 4.51. The molecule has 3 aromatic rings. The Kier molecular flexibility index (Phi) is 4.86. The molecule has 1 aromatic heterocycles. The number of aromatic nitrogens is 1. The van der Waals surface area contributed by atoms with Crippen LogP contribution in [0.4, 0.5) is 15.8 Å². The van der Waals surface area contributed by atoms with Crippen LogP contribution in [0.25, 0.3) is 10.9 Å². The number of rotatable bonds is 4. The molecule has 0 aliphatic heterocycles. The summed E-state index contributed by atoms with van der Waals surface area (Å²) in [7, 11) is 0. The first-order chi connectivity index (χ1) is 12.0. The van der Waals surface area contributed by atoms with Crippen LogP contribution in [-0.4, -0.2) is 17.6 Å². The number of hydrogen-bond donors (Lipinski definition) is 1. The second kappa shape index (κ2) is 7.07. The van der Waals surface area contributed by atoms with Crippen LogP contribution < -0.4 is 5.32 Å². The molecule has 2 aromatic carbocycles. The smallest absolute Gasteiger partial charge is 0.341 e. The van der Waals surface area contributed by atoms with E-state index in [0.29, 0.717) is 27.5 Å². The standard InChI is InChI=1S/C19H16ClFN2O2/c1-3-25-19(24)15-10-22-17-11(2)16(20)9-8-14(17)18(15)23-13-6-4-12(21)5-7-13/h4-10H,3H2,1-2H3,(H,22,23). The third-order valence-electron chi connectivity index (χ3n) is 3.84. The van der Waals surface area contributed by atoms with Crippen LogP contribution >= 0.6 is 11.6 Å². The molecule has 0 bridgehead atoms. The van der Waals surface area contributed by atoms with E-state index in [0.717, 1.165) is 10.9 Å². The fraction of sp³-hybridized carbons (Fsp3) is 0.158. The van der Waals surface area contributed by atoms with Crippen LogP contribution in [0.5, 0.6) is 0 Å². The Bertz CT molecular complexity index is 942. The zero-order valence-electron chi connectivity index (χ0n) is 13.8. The van der Waals surface area contributed by atoms with Crippen molar-refractivity contribution in [2.75, 3.05) is 11.9 Å². The summed E-state index contributed by atoms with van der Waals surface area (Å²) >= 11 is 6.18. The molecule has 25 heavy (non-hydrogen) atoms. The Morgan fingerprint density at radius 3 is 2.64 bits per heavy atom. The van der Waals surface area contributed by atoms with Gasteiger partial charge in [0.25, 0.3) is 0 Å². The lowest BCUT2D eigenvalue weighted by atomic mass is 10.1. The fourth-order valence-corrected chi connectivity index (χ4v) is 2.71. The lowest BCUT2D eigenvalue weighted by Crippen LogP contribution is -2.09. The zero-order valence-corrected chi connectivity index (χ0v) is 14.5. The number of anilines is 2. The number of esters is 1. The first-order valence-electron chi connectivity index (χ1n) is 7.78. The van der Waals surface area contributed by atoms with Crippen molar-refractivity contribution in [3.05, 3.63) is 64.6 Å². The number of fused-ring (bicyclic) bond motifs is 1. The number of carbonyl (C=O) groups is 1. The lowest BCUT2D eigenvalue weighted by Gasteiger charge is -2.15. The van der Waals surface area contributed by atoms with Gasteiger partial charge in [0.2, 0.25) is 0 Å². The van der Waals surface area contributed by atoms with Crippen molar-refractivity contribution in [2.24, 2.45) is 0 Å². The molecule has 1 N–H and O–H groups in total. The second-order valence-corrected chi connectivity index (χ2v) is 5.87. The molecule has 0 radical (unpaired) electrons. The van der Waals surface area contributed by atoms with Gasteiger partial charge in [-0.3, -0.25) is 4.98 Å². The number of aryl methyl sites for hydroxylation is 1. The highest BCUT2D eigenvalue weighted by molar-refractivity contribution is 6.32. The first kappa shape index (κ1) is 17.2. The maximum absolute atomic E-state index is 13.2. The van der Waals surface area contributed by atoms with Crippen LogP contribution in [0.15, 0.2) is 42.6 Å². The Labute approximate surface area is 149 Å². The quantitative estimate of drug-likeness (QED) is 0.646. The average molecular weight is 359 g/mol. The van der Waals surface area contributed by atoms with Crippen molar-refractivity contribution in [1.29, 1.82) is 0 Å². The zero-order chi connectivity index (χ0) is 18.0. The number of pyridine rings is 1. The predicted octanol–water partition coefficient (Wildman–Crippen LogP) is 5.26. The summed E-state index contributed by atoms with van der Waals surface area (Å²) in [5.41, 5.74) is 3.00. The summed E-state index contributed by atoms with van der Waals surface area (Å²) in [5.74, 6) is -0.813. The van der Waals surface area contributed by atoms with Crippen LogP contribution in [0.1, 0.15) is 22.8 Å². The molecule has 0 fully saturated rings. The molecule has 0 unspecified atom stereocenters. The minimum atomic E-state index is -0.478. The number of nitrogens with one attached hydrogen (secondary N) is 1. The molecule has 0 amide bonds. The number of benzene rings is 2. The fourth-order valence-electron chi connectivity index (χ4n) is 2.56. The maximum atomic E-state index is 13.2. The number of hydrogen-bond acceptors (Lipinski definition) is 4. The molecule has 4 nitrogen and oxygen atoms in total. The molecule has 6 heteroatoms. The molecular weight excluding hydrogens is 343 g/mol. The summed E-state index contributed by atoms with van der Waals surface area (Å²) < 4.78 is 18.3. The van der Waals surface area contributed by atoms with Gasteiger partial charge < -0.3 is 10.1 Å². The van der Waals surface area contributed by atoms with E-state index >= 15 is 0 Å². The molecule has 0 aliphatic rings. The van der Waals surface area contributed by atoms with E-state index in [1.807, 2.05) is 6.92 Å². The van der Waals surface area contributed by atoms with Gasteiger partial charge in [-0.05, 0) is 55.8 Å². The normalized spacial score (nSPS) is 10.7. The van der Waals surface area contributed by atoms with Gasteiger partial charge in [-0.2, -0.15) is 0 Å². The summed E-state index contributed by atoms with van der Waals surface area (Å²) in [6.45, 7) is 3.86. The van der Waals surface area contributed by atoms with E-state index in [1.54, 1.807) is 31.2 Å². The Balaban J connectivity index is 2.19. The van der Waals surface area contributed by atoms with Crippen LogP contribution in [0, 0.1) is 12.7 Å². The van der Waals surface area contributed by atoms with Crippen molar-refractivity contribution in [1.82, 2.24) is 4.98 Å². The highest BCUT2D eigenvalue weighted by Crippen LogP contribution is 2.33. The molecule has 128 valence electrons. The Morgan fingerprint density at radius 2 is 1.96 bits per heavy atom. The largest absolute Gasteiger partial charge is 0.462 e. The minimum absolute atomic E-state index is 0.256.